The van der Waals surface area contributed by atoms with Crippen molar-refractivity contribution in [1.82, 2.24) is 19.7 Å². The molecule has 0 radical (unpaired) electrons. The van der Waals surface area contributed by atoms with Gasteiger partial charge in [-0.2, -0.15) is 5.10 Å². The molecule has 0 saturated carbocycles. The van der Waals surface area contributed by atoms with Crippen LogP contribution in [-0.2, 0) is 6.42 Å². The molecule has 7 heteroatoms. The van der Waals surface area contributed by atoms with Gasteiger partial charge in [0.25, 0.3) is 5.91 Å². The van der Waals surface area contributed by atoms with E-state index in [4.69, 9.17) is 11.5 Å². The van der Waals surface area contributed by atoms with Gasteiger partial charge in [0, 0.05) is 18.7 Å². The minimum absolute atomic E-state index is 0.184. The van der Waals surface area contributed by atoms with Crippen molar-refractivity contribution in [3.63, 3.8) is 0 Å². The predicted molar refractivity (Wildman–Crippen MR) is 66.1 cm³/mol. The van der Waals surface area contributed by atoms with E-state index < -0.39 is 5.91 Å². The summed E-state index contributed by atoms with van der Waals surface area (Å²) >= 11 is 0. The number of nitrogens with zero attached hydrogens (tertiary/aromatic N) is 4. The van der Waals surface area contributed by atoms with Crippen LogP contribution >= 0.6 is 0 Å². The molecule has 0 spiro atoms. The number of aryl methyl sites for hydroxylation is 1. The zero-order chi connectivity index (χ0) is 13.1. The molecular weight excluding hydrogens is 232 g/mol. The summed E-state index contributed by atoms with van der Waals surface area (Å²) in [6, 6.07) is 3.12. The summed E-state index contributed by atoms with van der Waals surface area (Å²) in [5.41, 5.74) is 11.0. The van der Waals surface area contributed by atoms with Gasteiger partial charge in [0.05, 0.1) is 0 Å². The van der Waals surface area contributed by atoms with Crippen molar-refractivity contribution in [3.05, 3.63) is 29.8 Å². The summed E-state index contributed by atoms with van der Waals surface area (Å²) in [5, 5.41) is 4.02. The second-order valence-electron chi connectivity index (χ2n) is 3.83. The summed E-state index contributed by atoms with van der Waals surface area (Å²) in [4.78, 5) is 19.4. The van der Waals surface area contributed by atoms with Crippen molar-refractivity contribution in [3.8, 4) is 5.82 Å². The molecule has 0 unspecified atom stereocenters. The lowest BCUT2D eigenvalue weighted by Crippen LogP contribution is -2.13. The Balaban J connectivity index is 2.39. The average Bonchev–Trinajstić information content (AvgIpc) is 2.78. The first-order chi connectivity index (χ1) is 8.60. The van der Waals surface area contributed by atoms with Crippen molar-refractivity contribution in [2.24, 2.45) is 5.73 Å². The number of nitrogen functional groups attached to an aromatic ring is 1. The van der Waals surface area contributed by atoms with Gasteiger partial charge < -0.3 is 11.5 Å². The highest BCUT2D eigenvalue weighted by Crippen LogP contribution is 2.09. The highest BCUT2D eigenvalue weighted by Gasteiger charge is 2.08. The third-order valence-electron chi connectivity index (χ3n) is 2.33. The normalized spacial score (nSPS) is 10.5. The molecule has 94 valence electrons. The number of carbonyl (C=O) groups excluding carboxylic acids is 1. The van der Waals surface area contributed by atoms with Gasteiger partial charge in [-0.25, -0.2) is 14.6 Å². The minimum Gasteiger partial charge on any atom is -0.384 e. The third-order valence-corrected chi connectivity index (χ3v) is 2.33. The van der Waals surface area contributed by atoms with Crippen molar-refractivity contribution >= 4 is 11.7 Å². The van der Waals surface area contributed by atoms with Crippen LogP contribution in [0.1, 0.15) is 29.7 Å². The number of nitrogens with two attached hydrogens (primary N) is 2. The number of rotatable bonds is 4. The Morgan fingerprint density at radius 1 is 1.44 bits per heavy atom. The van der Waals surface area contributed by atoms with Gasteiger partial charge in [-0.15, -0.1) is 0 Å². The number of carbonyl (C=O) groups is 1. The van der Waals surface area contributed by atoms with Crippen molar-refractivity contribution < 1.29 is 4.79 Å². The molecule has 7 nitrogen and oxygen atoms in total. The highest BCUT2D eigenvalue weighted by atomic mass is 16.1. The fraction of sp³-hybridized carbons (Fsp3) is 0.273. The van der Waals surface area contributed by atoms with Crippen LogP contribution in [0.5, 0.6) is 0 Å². The third kappa shape index (κ3) is 2.45. The van der Waals surface area contributed by atoms with Gasteiger partial charge in [0.1, 0.15) is 17.3 Å². The van der Waals surface area contributed by atoms with E-state index in [1.807, 2.05) is 6.92 Å². The maximum Gasteiger partial charge on any atom is 0.269 e. The summed E-state index contributed by atoms with van der Waals surface area (Å²) < 4.78 is 1.46. The Kier molecular flexibility index (Phi) is 3.22. The molecule has 2 aromatic heterocycles. The molecule has 0 aliphatic carbocycles. The number of anilines is 1. The Bertz CT molecular complexity index is 577. The Hall–Kier alpha value is -2.44. The smallest absolute Gasteiger partial charge is 0.269 e. The lowest BCUT2D eigenvalue weighted by atomic mass is 10.3. The van der Waals surface area contributed by atoms with E-state index in [1.165, 1.54) is 10.7 Å². The number of primary amides is 1. The van der Waals surface area contributed by atoms with Gasteiger partial charge in [-0.1, -0.05) is 6.92 Å². The summed E-state index contributed by atoms with van der Waals surface area (Å²) in [5.74, 6) is 0.978. The molecule has 0 aliphatic rings. The zero-order valence-electron chi connectivity index (χ0n) is 10.00. The number of aromatic nitrogens is 4. The molecule has 2 rings (SSSR count). The number of amides is 1. The largest absolute Gasteiger partial charge is 0.384 e. The topological polar surface area (TPSA) is 113 Å². The molecule has 0 aliphatic heterocycles. The Morgan fingerprint density at radius 2 is 2.22 bits per heavy atom. The van der Waals surface area contributed by atoms with E-state index in [0.29, 0.717) is 17.5 Å². The van der Waals surface area contributed by atoms with Crippen LogP contribution in [0.2, 0.25) is 0 Å². The van der Waals surface area contributed by atoms with Crippen LogP contribution in [-0.4, -0.2) is 25.7 Å². The van der Waals surface area contributed by atoms with Gasteiger partial charge in [-0.05, 0) is 12.5 Å². The van der Waals surface area contributed by atoms with Gasteiger partial charge in [0.2, 0.25) is 0 Å². The Labute approximate surface area is 104 Å². The molecule has 0 fully saturated rings. The quantitative estimate of drug-likeness (QED) is 0.805. The SMILES string of the molecule is CCCc1nc(N)cc(-n2ccc(C(N)=O)n2)n1. The first-order valence-electron chi connectivity index (χ1n) is 5.59. The molecule has 1 amide bonds. The second-order valence-corrected chi connectivity index (χ2v) is 3.83. The van der Waals surface area contributed by atoms with Crippen molar-refractivity contribution in [2.45, 2.75) is 19.8 Å². The number of hydrogen-bond acceptors (Lipinski definition) is 5. The van der Waals surface area contributed by atoms with Crippen LogP contribution in [0, 0.1) is 0 Å². The van der Waals surface area contributed by atoms with Gasteiger partial charge in [-0.3, -0.25) is 4.79 Å². The first-order valence-corrected chi connectivity index (χ1v) is 5.59. The molecular formula is C11H14N6O. The predicted octanol–water partition coefficient (Wildman–Crippen LogP) is 0.296. The number of hydrogen-bond donors (Lipinski definition) is 2. The van der Waals surface area contributed by atoms with Crippen LogP contribution in [0.25, 0.3) is 5.82 Å². The minimum atomic E-state index is -0.579. The first kappa shape index (κ1) is 12.0. The summed E-state index contributed by atoms with van der Waals surface area (Å²) in [6.45, 7) is 2.03. The lowest BCUT2D eigenvalue weighted by Gasteiger charge is -2.04. The van der Waals surface area contributed by atoms with E-state index >= 15 is 0 Å². The Morgan fingerprint density at radius 3 is 2.83 bits per heavy atom. The summed E-state index contributed by atoms with van der Waals surface area (Å²) in [6.07, 6.45) is 3.27. The summed E-state index contributed by atoms with van der Waals surface area (Å²) in [7, 11) is 0. The molecule has 0 saturated heterocycles. The second kappa shape index (κ2) is 4.82. The zero-order valence-corrected chi connectivity index (χ0v) is 10.00. The van der Waals surface area contributed by atoms with E-state index in [2.05, 4.69) is 15.1 Å². The van der Waals surface area contributed by atoms with E-state index in [1.54, 1.807) is 12.3 Å². The standard InChI is InChI=1S/C11H14N6O/c1-2-3-9-14-8(12)6-10(15-9)17-5-4-7(16-17)11(13)18/h4-6H,2-3H2,1H3,(H2,13,18)(H2,12,14,15). The average molecular weight is 246 g/mol. The van der Waals surface area contributed by atoms with Gasteiger partial charge in [0.15, 0.2) is 5.82 Å². The highest BCUT2D eigenvalue weighted by molar-refractivity contribution is 5.90. The maximum absolute atomic E-state index is 11.0. The molecule has 0 atom stereocenters. The molecule has 18 heavy (non-hydrogen) atoms. The van der Waals surface area contributed by atoms with Crippen molar-refractivity contribution in [2.75, 3.05) is 5.73 Å². The molecule has 2 aromatic rings. The van der Waals surface area contributed by atoms with Crippen LogP contribution in [0.15, 0.2) is 18.3 Å². The maximum atomic E-state index is 11.0. The lowest BCUT2D eigenvalue weighted by molar-refractivity contribution is 0.0995. The molecule has 0 bridgehead atoms. The monoisotopic (exact) mass is 246 g/mol. The van der Waals surface area contributed by atoms with E-state index in [9.17, 15) is 4.79 Å². The molecule has 2 heterocycles. The van der Waals surface area contributed by atoms with E-state index in [0.717, 1.165) is 12.8 Å². The fourth-order valence-corrected chi connectivity index (χ4v) is 1.54. The fourth-order valence-electron chi connectivity index (χ4n) is 1.54. The molecule has 4 N–H and O–H groups in total. The van der Waals surface area contributed by atoms with Gasteiger partial charge >= 0.3 is 0 Å². The van der Waals surface area contributed by atoms with Crippen LogP contribution in [0.3, 0.4) is 0 Å². The van der Waals surface area contributed by atoms with Crippen LogP contribution < -0.4 is 11.5 Å². The van der Waals surface area contributed by atoms with E-state index in [-0.39, 0.29) is 5.69 Å². The van der Waals surface area contributed by atoms with Crippen molar-refractivity contribution in [1.29, 1.82) is 0 Å². The molecule has 0 aromatic carbocycles. The van der Waals surface area contributed by atoms with Crippen LogP contribution in [0.4, 0.5) is 5.82 Å².